The van der Waals surface area contributed by atoms with E-state index in [4.69, 9.17) is 10.5 Å². The van der Waals surface area contributed by atoms with Gasteiger partial charge < -0.3 is 25.7 Å². The first kappa shape index (κ1) is 19.0. The van der Waals surface area contributed by atoms with E-state index in [1.807, 2.05) is 24.3 Å². The number of nitrogen functional groups attached to an aromatic ring is 1. The van der Waals surface area contributed by atoms with Crippen LogP contribution in [-0.2, 0) is 4.79 Å². The number of anilines is 3. The predicted octanol–water partition coefficient (Wildman–Crippen LogP) is 2.83. The first-order valence-electron chi connectivity index (χ1n) is 9.71. The van der Waals surface area contributed by atoms with Crippen LogP contribution in [0.1, 0.15) is 31.7 Å². The van der Waals surface area contributed by atoms with Crippen molar-refractivity contribution in [3.05, 3.63) is 30.6 Å². The molecule has 0 atom stereocenters. The van der Waals surface area contributed by atoms with Gasteiger partial charge in [0.25, 0.3) is 0 Å². The number of nitrogens with one attached hydrogen (secondary N) is 2. The van der Waals surface area contributed by atoms with Gasteiger partial charge in [-0.2, -0.15) is 9.97 Å². The van der Waals surface area contributed by atoms with Gasteiger partial charge in [-0.3, -0.25) is 4.79 Å². The van der Waals surface area contributed by atoms with Gasteiger partial charge in [-0.15, -0.1) is 0 Å². The second-order valence-electron chi connectivity index (χ2n) is 7.23. The molecule has 1 saturated carbocycles. The lowest BCUT2D eigenvalue weighted by molar-refractivity contribution is -0.120. The smallest absolute Gasteiger partial charge is 0.227 e. The Hall–Kier alpha value is -3.36. The molecule has 4 rings (SSSR count). The molecule has 0 bridgehead atoms. The summed E-state index contributed by atoms with van der Waals surface area (Å²) in [5.41, 5.74) is 8.10. The number of methoxy groups -OCH3 is 1. The Morgan fingerprint density at radius 1 is 1.24 bits per heavy atom. The minimum atomic E-state index is -0.0141. The lowest BCUT2D eigenvalue weighted by Crippen LogP contribution is -2.28. The minimum absolute atomic E-state index is 0.0141. The van der Waals surface area contributed by atoms with Gasteiger partial charge in [0.05, 0.1) is 13.4 Å². The third kappa shape index (κ3) is 3.80. The molecule has 0 unspecified atom stereocenters. The summed E-state index contributed by atoms with van der Waals surface area (Å²) < 4.78 is 7.27. The Labute approximate surface area is 168 Å². The van der Waals surface area contributed by atoms with Crippen LogP contribution in [0.3, 0.4) is 0 Å². The molecule has 2 aromatic heterocycles. The number of hydrogen-bond acceptors (Lipinski definition) is 7. The second-order valence-corrected chi connectivity index (χ2v) is 7.23. The molecule has 2 heterocycles. The third-order valence-corrected chi connectivity index (χ3v) is 5.47. The molecule has 1 amide bonds. The van der Waals surface area contributed by atoms with Crippen LogP contribution in [-0.4, -0.2) is 39.6 Å². The zero-order valence-corrected chi connectivity index (χ0v) is 16.6. The topological polar surface area (TPSA) is 120 Å². The van der Waals surface area contributed by atoms with Gasteiger partial charge >= 0.3 is 0 Å². The highest BCUT2D eigenvalue weighted by molar-refractivity contribution is 5.92. The van der Waals surface area contributed by atoms with Crippen molar-refractivity contribution >= 4 is 34.5 Å². The summed E-state index contributed by atoms with van der Waals surface area (Å²) in [6, 6.07) is 7.65. The average Bonchev–Trinajstić information content (AvgIpc) is 3.18. The van der Waals surface area contributed by atoms with Crippen LogP contribution in [0, 0.1) is 5.92 Å². The molecule has 0 saturated heterocycles. The van der Waals surface area contributed by atoms with Crippen LogP contribution in [0.15, 0.2) is 30.6 Å². The summed E-state index contributed by atoms with van der Waals surface area (Å²) in [6.07, 6.45) is 5.14. The first-order valence-corrected chi connectivity index (χ1v) is 9.71. The summed E-state index contributed by atoms with van der Waals surface area (Å²) in [4.78, 5) is 25.8. The van der Waals surface area contributed by atoms with E-state index in [2.05, 4.69) is 30.2 Å². The zero-order valence-electron chi connectivity index (χ0n) is 16.6. The molecule has 4 N–H and O–H groups in total. The number of amides is 1. The van der Waals surface area contributed by atoms with Crippen molar-refractivity contribution in [2.75, 3.05) is 30.5 Å². The number of carbonyl (C=O) groups excluding carboxylic acids is 1. The van der Waals surface area contributed by atoms with Crippen molar-refractivity contribution in [1.29, 1.82) is 0 Å². The van der Waals surface area contributed by atoms with Crippen molar-refractivity contribution in [2.45, 2.75) is 31.7 Å². The summed E-state index contributed by atoms with van der Waals surface area (Å²) in [6.45, 7) is 0. The molecule has 1 aliphatic rings. The Morgan fingerprint density at radius 2 is 2.03 bits per heavy atom. The van der Waals surface area contributed by atoms with E-state index < -0.39 is 0 Å². The molecule has 29 heavy (non-hydrogen) atoms. The van der Waals surface area contributed by atoms with Gasteiger partial charge in [0.15, 0.2) is 11.5 Å². The van der Waals surface area contributed by atoms with Gasteiger partial charge in [0.1, 0.15) is 11.3 Å². The molecule has 3 aromatic rings. The number of ether oxygens (including phenoxy) is 1. The number of hydrogen-bond donors (Lipinski definition) is 3. The van der Waals surface area contributed by atoms with Gasteiger partial charge in [0.2, 0.25) is 11.9 Å². The SMILES string of the molecule is CNc1nc(N)c2ncn(C3CCC(C(=O)Nc4cccc(OC)c4)CC3)c2n1. The molecular formula is C20H25N7O2. The molecule has 9 nitrogen and oxygen atoms in total. The molecule has 0 spiro atoms. The summed E-state index contributed by atoms with van der Waals surface area (Å²) in [7, 11) is 3.37. The van der Waals surface area contributed by atoms with Crippen molar-refractivity contribution in [3.8, 4) is 5.75 Å². The van der Waals surface area contributed by atoms with Crippen molar-refractivity contribution in [1.82, 2.24) is 19.5 Å². The standard InChI is InChI=1S/C20H25N7O2/c1-22-20-25-17(21)16-18(26-20)27(11-23-16)14-8-6-12(7-9-14)19(28)24-13-4-3-5-15(10-13)29-2/h3-5,10-12,14H,6-9H2,1-2H3,(H,24,28)(H3,21,22,25,26). The Morgan fingerprint density at radius 3 is 2.76 bits per heavy atom. The van der Waals surface area contributed by atoms with E-state index in [0.29, 0.717) is 17.3 Å². The zero-order chi connectivity index (χ0) is 20.4. The summed E-state index contributed by atoms with van der Waals surface area (Å²) in [5, 5.41) is 5.93. The number of nitrogens with zero attached hydrogens (tertiary/aromatic N) is 4. The van der Waals surface area contributed by atoms with Crippen LogP contribution >= 0.6 is 0 Å². The van der Waals surface area contributed by atoms with Crippen molar-refractivity contribution < 1.29 is 9.53 Å². The average molecular weight is 395 g/mol. The molecule has 152 valence electrons. The molecular weight excluding hydrogens is 370 g/mol. The second kappa shape index (κ2) is 7.94. The van der Waals surface area contributed by atoms with E-state index in [1.165, 1.54) is 0 Å². The van der Waals surface area contributed by atoms with E-state index in [9.17, 15) is 4.79 Å². The Balaban J connectivity index is 1.43. The van der Waals surface area contributed by atoms with Crippen LogP contribution in [0.5, 0.6) is 5.75 Å². The third-order valence-electron chi connectivity index (χ3n) is 5.47. The van der Waals surface area contributed by atoms with E-state index >= 15 is 0 Å². The number of benzene rings is 1. The maximum absolute atomic E-state index is 12.7. The van der Waals surface area contributed by atoms with Crippen LogP contribution in [0.25, 0.3) is 11.2 Å². The number of nitrogens with two attached hydrogens (primary N) is 1. The fraction of sp³-hybridized carbons (Fsp3) is 0.400. The van der Waals surface area contributed by atoms with Crippen molar-refractivity contribution in [3.63, 3.8) is 0 Å². The van der Waals surface area contributed by atoms with Crippen LogP contribution in [0.4, 0.5) is 17.5 Å². The lowest BCUT2D eigenvalue weighted by Gasteiger charge is -2.28. The molecule has 9 heteroatoms. The van der Waals surface area contributed by atoms with Gasteiger partial charge in [-0.05, 0) is 37.8 Å². The first-order chi connectivity index (χ1) is 14.1. The lowest BCUT2D eigenvalue weighted by atomic mass is 9.85. The highest BCUT2D eigenvalue weighted by atomic mass is 16.5. The fourth-order valence-electron chi connectivity index (χ4n) is 3.88. The predicted molar refractivity (Wildman–Crippen MR) is 112 cm³/mol. The maximum atomic E-state index is 12.7. The number of fused-ring (bicyclic) bond motifs is 1. The number of aromatic nitrogens is 4. The Bertz CT molecular complexity index is 1020. The molecule has 1 aromatic carbocycles. The number of carbonyl (C=O) groups is 1. The largest absolute Gasteiger partial charge is 0.497 e. The fourth-order valence-corrected chi connectivity index (χ4v) is 3.88. The number of imidazole rings is 1. The van der Waals surface area contributed by atoms with Gasteiger partial charge in [-0.25, -0.2) is 4.98 Å². The Kier molecular flexibility index (Phi) is 5.20. The van der Waals surface area contributed by atoms with E-state index in [-0.39, 0.29) is 17.9 Å². The summed E-state index contributed by atoms with van der Waals surface area (Å²) >= 11 is 0. The minimum Gasteiger partial charge on any atom is -0.497 e. The van der Waals surface area contributed by atoms with Crippen molar-refractivity contribution in [2.24, 2.45) is 5.92 Å². The molecule has 1 fully saturated rings. The highest BCUT2D eigenvalue weighted by Gasteiger charge is 2.28. The monoisotopic (exact) mass is 395 g/mol. The quantitative estimate of drug-likeness (QED) is 0.607. The normalized spacial score (nSPS) is 19.1. The van der Waals surface area contributed by atoms with E-state index in [0.717, 1.165) is 42.8 Å². The maximum Gasteiger partial charge on any atom is 0.227 e. The van der Waals surface area contributed by atoms with Gasteiger partial charge in [-0.1, -0.05) is 6.07 Å². The molecule has 0 aliphatic heterocycles. The molecule has 0 radical (unpaired) electrons. The number of rotatable bonds is 5. The van der Waals surface area contributed by atoms with Crippen LogP contribution in [0.2, 0.25) is 0 Å². The molecule has 1 aliphatic carbocycles. The van der Waals surface area contributed by atoms with E-state index in [1.54, 1.807) is 20.5 Å². The van der Waals surface area contributed by atoms with Gasteiger partial charge in [0, 0.05) is 30.8 Å². The van der Waals surface area contributed by atoms with Crippen LogP contribution < -0.4 is 21.1 Å². The highest BCUT2D eigenvalue weighted by Crippen LogP contribution is 2.35. The summed E-state index contributed by atoms with van der Waals surface area (Å²) in [5.74, 6) is 1.60.